The number of carbonyl (C=O) groups excluding carboxylic acids is 3. The molecular weight excluding hydrogens is 376 g/mol. The fraction of sp³-hybridized carbons (Fsp3) is 0.688. The molecule has 11 heteroatoms. The molecule has 0 bridgehead atoms. The highest BCUT2D eigenvalue weighted by Crippen LogP contribution is 2.38. The number of ketones is 1. The number of primary amides is 1. The Balaban J connectivity index is 1.88. The molecule has 1 aliphatic rings. The summed E-state index contributed by atoms with van der Waals surface area (Å²) in [6, 6.07) is -0.878. The third kappa shape index (κ3) is 6.12. The van der Waals surface area contributed by atoms with Gasteiger partial charge in [0.1, 0.15) is 0 Å². The van der Waals surface area contributed by atoms with Gasteiger partial charge in [-0.25, -0.2) is 8.42 Å². The standard InChI is InChI=1S/C16H24N4O6S/c1-3-11(13(22)16-19-15(20-26-16)10-4-5-10)18-12(21)6-7-27(24,25)8-9(2)14(17)23/h9-11H,3-8H2,1-2H3,(H2,17,23)(H,18,21). The monoisotopic (exact) mass is 400 g/mol. The minimum absolute atomic E-state index is 0.160. The molecule has 0 radical (unpaired) electrons. The number of amides is 2. The Morgan fingerprint density at radius 2 is 2.00 bits per heavy atom. The second-order valence-corrected chi connectivity index (χ2v) is 9.02. The van der Waals surface area contributed by atoms with Crippen molar-refractivity contribution < 1.29 is 27.3 Å². The molecule has 1 fully saturated rings. The van der Waals surface area contributed by atoms with Gasteiger partial charge in [0, 0.05) is 18.3 Å². The summed E-state index contributed by atoms with van der Waals surface area (Å²) in [6.07, 6.45) is 1.89. The molecule has 2 unspecified atom stereocenters. The van der Waals surface area contributed by atoms with Crippen molar-refractivity contribution in [3.63, 3.8) is 0 Å². The van der Waals surface area contributed by atoms with Crippen LogP contribution in [0.1, 0.15) is 62.0 Å². The van der Waals surface area contributed by atoms with Crippen LogP contribution in [0.4, 0.5) is 0 Å². The van der Waals surface area contributed by atoms with E-state index in [-0.39, 0.29) is 24.7 Å². The third-order valence-electron chi connectivity index (χ3n) is 4.28. The van der Waals surface area contributed by atoms with E-state index in [1.165, 1.54) is 6.92 Å². The predicted molar refractivity (Wildman–Crippen MR) is 94.5 cm³/mol. The molecule has 150 valence electrons. The van der Waals surface area contributed by atoms with Gasteiger partial charge in [0.05, 0.1) is 17.5 Å². The number of nitrogens with one attached hydrogen (secondary N) is 1. The molecule has 1 heterocycles. The first-order chi connectivity index (χ1) is 12.6. The Bertz CT molecular complexity index is 815. The number of hydrogen-bond donors (Lipinski definition) is 2. The average molecular weight is 400 g/mol. The van der Waals surface area contributed by atoms with Crippen LogP contribution in [0.25, 0.3) is 0 Å². The highest BCUT2D eigenvalue weighted by atomic mass is 32.2. The van der Waals surface area contributed by atoms with Gasteiger partial charge in [-0.1, -0.05) is 19.0 Å². The quantitative estimate of drug-likeness (QED) is 0.488. The van der Waals surface area contributed by atoms with Crippen molar-refractivity contribution in [2.45, 2.75) is 51.5 Å². The molecule has 2 amide bonds. The van der Waals surface area contributed by atoms with E-state index in [4.69, 9.17) is 10.3 Å². The van der Waals surface area contributed by atoms with Gasteiger partial charge in [-0.15, -0.1) is 0 Å². The summed E-state index contributed by atoms with van der Waals surface area (Å²) in [6.45, 7) is 3.11. The molecule has 2 rings (SSSR count). The van der Waals surface area contributed by atoms with E-state index in [9.17, 15) is 22.8 Å². The lowest BCUT2D eigenvalue weighted by atomic mass is 10.1. The highest BCUT2D eigenvalue weighted by Gasteiger charge is 2.32. The molecule has 0 aliphatic heterocycles. The maximum atomic E-state index is 12.4. The summed E-state index contributed by atoms with van der Waals surface area (Å²) in [5, 5.41) is 6.26. The van der Waals surface area contributed by atoms with Crippen molar-refractivity contribution >= 4 is 27.4 Å². The van der Waals surface area contributed by atoms with Crippen molar-refractivity contribution in [1.82, 2.24) is 15.5 Å². The third-order valence-corrected chi connectivity index (χ3v) is 6.12. The van der Waals surface area contributed by atoms with Crippen LogP contribution in [-0.4, -0.2) is 53.7 Å². The van der Waals surface area contributed by atoms with Crippen LogP contribution >= 0.6 is 0 Å². The van der Waals surface area contributed by atoms with E-state index < -0.39 is 50.9 Å². The van der Waals surface area contributed by atoms with Crippen molar-refractivity contribution in [3.8, 4) is 0 Å². The molecule has 3 N–H and O–H groups in total. The second-order valence-electron chi connectivity index (χ2n) is 6.79. The number of carbonyl (C=O) groups is 3. The van der Waals surface area contributed by atoms with Gasteiger partial charge in [-0.05, 0) is 19.3 Å². The summed E-state index contributed by atoms with van der Waals surface area (Å²) in [5.74, 6) is -2.93. The minimum Gasteiger partial charge on any atom is -0.369 e. The smallest absolute Gasteiger partial charge is 0.296 e. The number of aromatic nitrogens is 2. The molecule has 1 aliphatic carbocycles. The second kappa shape index (κ2) is 8.59. The Morgan fingerprint density at radius 1 is 1.33 bits per heavy atom. The van der Waals surface area contributed by atoms with Crippen LogP contribution < -0.4 is 11.1 Å². The Morgan fingerprint density at radius 3 is 2.56 bits per heavy atom. The molecule has 10 nitrogen and oxygen atoms in total. The number of nitrogens with zero attached hydrogens (tertiary/aromatic N) is 2. The Hall–Kier alpha value is -2.30. The van der Waals surface area contributed by atoms with Gasteiger partial charge in [0.15, 0.2) is 15.7 Å². The minimum atomic E-state index is -3.62. The van der Waals surface area contributed by atoms with Gasteiger partial charge >= 0.3 is 0 Å². The fourth-order valence-electron chi connectivity index (χ4n) is 2.41. The summed E-state index contributed by atoms with van der Waals surface area (Å²) < 4.78 is 28.9. The molecule has 1 aromatic heterocycles. The van der Waals surface area contributed by atoms with Crippen LogP contribution in [0.15, 0.2) is 4.52 Å². The molecule has 1 aromatic rings. The normalized spacial score (nSPS) is 16.5. The van der Waals surface area contributed by atoms with Gasteiger partial charge in [0.25, 0.3) is 5.89 Å². The van der Waals surface area contributed by atoms with Crippen LogP contribution in [0.5, 0.6) is 0 Å². The van der Waals surface area contributed by atoms with Crippen molar-refractivity contribution in [2.24, 2.45) is 11.7 Å². The zero-order chi connectivity index (χ0) is 20.2. The molecule has 1 saturated carbocycles. The van der Waals surface area contributed by atoms with Crippen molar-refractivity contribution in [3.05, 3.63) is 11.7 Å². The zero-order valence-electron chi connectivity index (χ0n) is 15.3. The van der Waals surface area contributed by atoms with E-state index in [1.54, 1.807) is 6.92 Å². The van der Waals surface area contributed by atoms with Crippen LogP contribution in [0.2, 0.25) is 0 Å². The van der Waals surface area contributed by atoms with E-state index in [0.717, 1.165) is 12.8 Å². The molecule has 0 spiro atoms. The molecule has 2 atom stereocenters. The largest absolute Gasteiger partial charge is 0.369 e. The first-order valence-corrected chi connectivity index (χ1v) is 10.6. The highest BCUT2D eigenvalue weighted by molar-refractivity contribution is 7.91. The molecule has 0 saturated heterocycles. The van der Waals surface area contributed by atoms with Gasteiger partial charge in [0.2, 0.25) is 17.6 Å². The van der Waals surface area contributed by atoms with Crippen LogP contribution in [-0.2, 0) is 19.4 Å². The number of nitrogens with two attached hydrogens (primary N) is 1. The summed E-state index contributed by atoms with van der Waals surface area (Å²) in [7, 11) is -3.62. The van der Waals surface area contributed by atoms with Gasteiger partial charge in [-0.2, -0.15) is 4.98 Å². The maximum Gasteiger partial charge on any atom is 0.296 e. The predicted octanol–water partition coefficient (Wildman–Crippen LogP) is -0.0492. The summed E-state index contributed by atoms with van der Waals surface area (Å²) in [5.41, 5.74) is 5.06. The van der Waals surface area contributed by atoms with Gasteiger partial charge < -0.3 is 15.6 Å². The first kappa shape index (κ1) is 21.0. The van der Waals surface area contributed by atoms with E-state index >= 15 is 0 Å². The first-order valence-electron chi connectivity index (χ1n) is 8.79. The number of hydrogen-bond acceptors (Lipinski definition) is 8. The topological polar surface area (TPSA) is 162 Å². The Labute approximate surface area is 157 Å². The molecule has 0 aromatic carbocycles. The summed E-state index contributed by atoms with van der Waals surface area (Å²) >= 11 is 0. The van der Waals surface area contributed by atoms with Crippen LogP contribution in [0.3, 0.4) is 0 Å². The molecule has 27 heavy (non-hydrogen) atoms. The summed E-state index contributed by atoms with van der Waals surface area (Å²) in [4.78, 5) is 39.5. The zero-order valence-corrected chi connectivity index (χ0v) is 16.1. The van der Waals surface area contributed by atoms with Crippen LogP contribution in [0, 0.1) is 5.92 Å². The van der Waals surface area contributed by atoms with E-state index in [2.05, 4.69) is 15.5 Å². The lowest BCUT2D eigenvalue weighted by molar-refractivity contribution is -0.121. The fourth-order valence-corrected chi connectivity index (χ4v) is 3.99. The Kier molecular flexibility index (Phi) is 6.68. The van der Waals surface area contributed by atoms with Gasteiger partial charge in [-0.3, -0.25) is 14.4 Å². The lowest BCUT2D eigenvalue weighted by Crippen LogP contribution is -2.41. The SMILES string of the molecule is CCC(NC(=O)CCS(=O)(=O)CC(C)C(N)=O)C(=O)c1nc(C2CC2)no1. The van der Waals surface area contributed by atoms with E-state index in [1.807, 2.05) is 0 Å². The number of rotatable bonds is 11. The average Bonchev–Trinajstić information content (AvgIpc) is 3.34. The maximum absolute atomic E-state index is 12.4. The van der Waals surface area contributed by atoms with E-state index in [0.29, 0.717) is 5.82 Å². The molecular formula is C16H24N4O6S. The van der Waals surface area contributed by atoms with Crippen molar-refractivity contribution in [1.29, 1.82) is 0 Å². The van der Waals surface area contributed by atoms with Crippen molar-refractivity contribution in [2.75, 3.05) is 11.5 Å². The number of sulfone groups is 1. The number of Topliss-reactive ketones (excluding diaryl/α,β-unsaturated/α-hetero) is 1. The lowest BCUT2D eigenvalue weighted by Gasteiger charge is -2.14.